The summed E-state index contributed by atoms with van der Waals surface area (Å²) < 4.78 is 7.11. The maximum absolute atomic E-state index is 11.1. The number of carboxylic acid groups (broad SMARTS) is 1. The smallest absolute Gasteiger partial charge is 0.311 e. The first-order valence-electron chi connectivity index (χ1n) is 6.00. The van der Waals surface area contributed by atoms with Gasteiger partial charge in [-0.05, 0) is 6.07 Å². The lowest BCUT2D eigenvalue weighted by Gasteiger charge is -2.16. The average molecular weight is 262 g/mol. The van der Waals surface area contributed by atoms with Gasteiger partial charge in [0.1, 0.15) is 11.4 Å². The Hall–Kier alpha value is -2.15. The second kappa shape index (κ2) is 4.51. The van der Waals surface area contributed by atoms with E-state index < -0.39 is 11.9 Å². The highest BCUT2D eigenvalue weighted by Gasteiger charge is 2.34. The van der Waals surface area contributed by atoms with Crippen LogP contribution in [0.5, 0.6) is 0 Å². The molecule has 2 N–H and O–H groups in total. The SMILES string of the molecule is Cn1cnc2c(NC3COCC3C(=O)O)nccc21. The third-order valence-electron chi connectivity index (χ3n) is 3.36. The van der Waals surface area contributed by atoms with Crippen LogP contribution in [0.15, 0.2) is 18.6 Å². The molecule has 0 aliphatic carbocycles. The van der Waals surface area contributed by atoms with Crippen molar-refractivity contribution in [3.05, 3.63) is 18.6 Å². The van der Waals surface area contributed by atoms with E-state index in [9.17, 15) is 4.79 Å². The van der Waals surface area contributed by atoms with E-state index in [1.165, 1.54) is 0 Å². The van der Waals surface area contributed by atoms with Crippen molar-refractivity contribution < 1.29 is 14.6 Å². The Kier molecular flexibility index (Phi) is 2.83. The number of ether oxygens (including phenoxy) is 1. The molecule has 100 valence electrons. The Morgan fingerprint density at radius 2 is 2.37 bits per heavy atom. The first-order valence-corrected chi connectivity index (χ1v) is 6.00. The molecule has 1 saturated heterocycles. The van der Waals surface area contributed by atoms with Gasteiger partial charge in [0.05, 0.1) is 31.1 Å². The molecule has 0 amide bonds. The fraction of sp³-hybridized carbons (Fsp3) is 0.417. The normalized spacial score (nSPS) is 22.8. The number of nitrogens with one attached hydrogen (secondary N) is 1. The van der Waals surface area contributed by atoms with E-state index in [-0.39, 0.29) is 12.6 Å². The molecule has 1 fully saturated rings. The Morgan fingerprint density at radius 1 is 1.53 bits per heavy atom. The van der Waals surface area contributed by atoms with Crippen molar-refractivity contribution in [2.24, 2.45) is 13.0 Å². The minimum Gasteiger partial charge on any atom is -0.481 e. The molecular weight excluding hydrogens is 248 g/mol. The quantitative estimate of drug-likeness (QED) is 0.836. The van der Waals surface area contributed by atoms with Gasteiger partial charge in [-0.15, -0.1) is 0 Å². The number of hydrogen-bond donors (Lipinski definition) is 2. The van der Waals surface area contributed by atoms with Crippen molar-refractivity contribution in [1.82, 2.24) is 14.5 Å². The molecule has 0 saturated carbocycles. The van der Waals surface area contributed by atoms with Gasteiger partial charge in [-0.3, -0.25) is 4.79 Å². The molecule has 1 aliphatic heterocycles. The zero-order valence-corrected chi connectivity index (χ0v) is 10.4. The molecule has 1 aliphatic rings. The number of aromatic nitrogens is 3. The predicted octanol–water partition coefficient (Wildman–Crippen LogP) is 0.480. The van der Waals surface area contributed by atoms with E-state index in [1.54, 1.807) is 12.5 Å². The Balaban J connectivity index is 1.91. The van der Waals surface area contributed by atoms with Gasteiger partial charge >= 0.3 is 5.97 Å². The molecule has 3 rings (SSSR count). The van der Waals surface area contributed by atoms with Crippen LogP contribution in [0.4, 0.5) is 5.82 Å². The van der Waals surface area contributed by atoms with Crippen LogP contribution in [0.25, 0.3) is 11.0 Å². The van der Waals surface area contributed by atoms with Gasteiger partial charge in [0.2, 0.25) is 0 Å². The van der Waals surface area contributed by atoms with E-state index in [4.69, 9.17) is 9.84 Å². The number of rotatable bonds is 3. The van der Waals surface area contributed by atoms with Crippen LogP contribution in [0.1, 0.15) is 0 Å². The highest BCUT2D eigenvalue weighted by Crippen LogP contribution is 2.23. The summed E-state index contributed by atoms with van der Waals surface area (Å²) in [6.45, 7) is 0.590. The van der Waals surface area contributed by atoms with Gasteiger partial charge < -0.3 is 19.7 Å². The number of anilines is 1. The summed E-state index contributed by atoms with van der Waals surface area (Å²) in [6, 6.07) is 1.59. The van der Waals surface area contributed by atoms with Crippen LogP contribution in [-0.4, -0.2) is 44.9 Å². The lowest BCUT2D eigenvalue weighted by atomic mass is 10.0. The number of carboxylic acids is 1. The van der Waals surface area contributed by atoms with E-state index in [2.05, 4.69) is 15.3 Å². The number of pyridine rings is 1. The molecule has 0 spiro atoms. The van der Waals surface area contributed by atoms with Crippen molar-refractivity contribution in [1.29, 1.82) is 0 Å². The second-order valence-electron chi connectivity index (χ2n) is 4.62. The Bertz CT molecular complexity index is 624. The predicted molar refractivity (Wildman–Crippen MR) is 67.9 cm³/mol. The summed E-state index contributed by atoms with van der Waals surface area (Å²) >= 11 is 0. The largest absolute Gasteiger partial charge is 0.481 e. The molecule has 7 heteroatoms. The molecule has 0 bridgehead atoms. The van der Waals surface area contributed by atoms with Crippen molar-refractivity contribution >= 4 is 22.8 Å². The van der Waals surface area contributed by atoms with Crippen LogP contribution in [-0.2, 0) is 16.6 Å². The van der Waals surface area contributed by atoms with Crippen molar-refractivity contribution in [3.63, 3.8) is 0 Å². The van der Waals surface area contributed by atoms with Crippen LogP contribution >= 0.6 is 0 Å². The molecule has 0 aromatic carbocycles. The third-order valence-corrected chi connectivity index (χ3v) is 3.36. The van der Waals surface area contributed by atoms with E-state index in [1.807, 2.05) is 17.7 Å². The standard InChI is InChI=1S/C12H14N4O3/c1-16-6-14-10-9(16)2-3-13-11(10)15-8-5-19-4-7(8)12(17)18/h2-3,6-8H,4-5H2,1H3,(H,13,15)(H,17,18). The summed E-state index contributed by atoms with van der Waals surface area (Å²) in [7, 11) is 1.90. The molecule has 2 unspecified atom stereocenters. The van der Waals surface area contributed by atoms with E-state index >= 15 is 0 Å². The fourth-order valence-electron chi connectivity index (χ4n) is 2.28. The molecular formula is C12H14N4O3. The van der Waals surface area contributed by atoms with Gasteiger partial charge in [-0.1, -0.05) is 0 Å². The fourth-order valence-corrected chi connectivity index (χ4v) is 2.28. The number of nitrogens with zero attached hydrogens (tertiary/aromatic N) is 3. The molecule has 2 aromatic heterocycles. The van der Waals surface area contributed by atoms with Gasteiger partial charge in [0.15, 0.2) is 5.82 Å². The monoisotopic (exact) mass is 262 g/mol. The van der Waals surface area contributed by atoms with Crippen LogP contribution in [0.3, 0.4) is 0 Å². The minimum atomic E-state index is -0.858. The average Bonchev–Trinajstić information content (AvgIpc) is 2.98. The maximum atomic E-state index is 11.1. The summed E-state index contributed by atoms with van der Waals surface area (Å²) in [5, 5.41) is 12.3. The summed E-state index contributed by atoms with van der Waals surface area (Å²) in [4.78, 5) is 19.6. The number of carbonyl (C=O) groups is 1. The van der Waals surface area contributed by atoms with E-state index in [0.29, 0.717) is 12.4 Å². The zero-order chi connectivity index (χ0) is 13.4. The van der Waals surface area contributed by atoms with Crippen molar-refractivity contribution in [3.8, 4) is 0 Å². The third kappa shape index (κ3) is 2.01. The summed E-state index contributed by atoms with van der Waals surface area (Å²) in [5.41, 5.74) is 1.68. The van der Waals surface area contributed by atoms with E-state index in [0.717, 1.165) is 11.0 Å². The topological polar surface area (TPSA) is 89.3 Å². The number of aliphatic carboxylic acids is 1. The molecule has 19 heavy (non-hydrogen) atoms. The highest BCUT2D eigenvalue weighted by molar-refractivity contribution is 5.86. The molecule has 2 atom stereocenters. The van der Waals surface area contributed by atoms with Crippen molar-refractivity contribution in [2.75, 3.05) is 18.5 Å². The van der Waals surface area contributed by atoms with Crippen molar-refractivity contribution in [2.45, 2.75) is 6.04 Å². The number of imidazole rings is 1. The second-order valence-corrected chi connectivity index (χ2v) is 4.62. The molecule has 3 heterocycles. The maximum Gasteiger partial charge on any atom is 0.311 e. The lowest BCUT2D eigenvalue weighted by molar-refractivity contribution is -0.141. The van der Waals surface area contributed by atoms with Crippen LogP contribution in [0.2, 0.25) is 0 Å². The van der Waals surface area contributed by atoms with Gasteiger partial charge in [0, 0.05) is 13.2 Å². The van der Waals surface area contributed by atoms with Gasteiger partial charge in [0.25, 0.3) is 0 Å². The van der Waals surface area contributed by atoms with Crippen LogP contribution < -0.4 is 5.32 Å². The first kappa shape index (κ1) is 11.9. The van der Waals surface area contributed by atoms with Crippen LogP contribution in [0, 0.1) is 5.92 Å². The molecule has 7 nitrogen and oxygen atoms in total. The number of hydrogen-bond acceptors (Lipinski definition) is 5. The molecule has 0 radical (unpaired) electrons. The number of aryl methyl sites for hydroxylation is 1. The minimum absolute atomic E-state index is 0.227. The highest BCUT2D eigenvalue weighted by atomic mass is 16.5. The summed E-state index contributed by atoms with van der Waals surface area (Å²) in [5.74, 6) is -0.816. The Morgan fingerprint density at radius 3 is 3.16 bits per heavy atom. The zero-order valence-electron chi connectivity index (χ0n) is 10.4. The summed E-state index contributed by atoms with van der Waals surface area (Å²) in [6.07, 6.45) is 3.38. The Labute approximate surface area is 109 Å². The first-order chi connectivity index (χ1) is 9.16. The number of fused-ring (bicyclic) bond motifs is 1. The molecule has 2 aromatic rings. The van der Waals surface area contributed by atoms with Gasteiger partial charge in [-0.25, -0.2) is 9.97 Å². The lowest BCUT2D eigenvalue weighted by Crippen LogP contribution is -2.33. The van der Waals surface area contributed by atoms with Gasteiger partial charge in [-0.2, -0.15) is 0 Å².